The van der Waals surface area contributed by atoms with Gasteiger partial charge in [-0.25, -0.2) is 0 Å². The number of rotatable bonds is 4. The van der Waals surface area contributed by atoms with Crippen LogP contribution in [0, 0.1) is 5.92 Å². The van der Waals surface area contributed by atoms with Gasteiger partial charge in [-0.15, -0.1) is 0 Å². The number of ketones is 1. The van der Waals surface area contributed by atoms with Crippen LogP contribution in [0.25, 0.3) is 0 Å². The van der Waals surface area contributed by atoms with Crippen molar-refractivity contribution in [2.45, 2.75) is 19.3 Å². The van der Waals surface area contributed by atoms with Crippen molar-refractivity contribution < 1.29 is 14.3 Å². The fourth-order valence-electron chi connectivity index (χ4n) is 1.93. The molecule has 0 spiro atoms. The molecule has 1 aromatic carbocycles. The Morgan fingerprint density at radius 2 is 1.82 bits per heavy atom. The molecule has 92 valence electrons. The molecular weight excluding hydrogens is 240 g/mol. The molecule has 0 unspecified atom stereocenters. The third-order valence-electron chi connectivity index (χ3n) is 3.21. The summed E-state index contributed by atoms with van der Waals surface area (Å²) in [6.07, 6.45) is 3.05. The van der Waals surface area contributed by atoms with Gasteiger partial charge in [0, 0.05) is 17.5 Å². The molecule has 17 heavy (non-hydrogen) atoms. The number of Topliss-reactive ketones (excluding diaryl/α,β-unsaturated/α-hetero) is 1. The molecule has 0 aromatic heterocycles. The van der Waals surface area contributed by atoms with E-state index in [2.05, 4.69) is 0 Å². The average Bonchev–Trinajstić information content (AvgIpc) is 2.26. The number of benzene rings is 1. The van der Waals surface area contributed by atoms with E-state index in [0.29, 0.717) is 22.1 Å². The predicted octanol–water partition coefficient (Wildman–Crippen LogP) is 3.34. The largest absolute Gasteiger partial charge is 0.493 e. The van der Waals surface area contributed by atoms with E-state index in [1.165, 1.54) is 0 Å². The van der Waals surface area contributed by atoms with Crippen molar-refractivity contribution in [1.29, 1.82) is 0 Å². The molecule has 0 bridgehead atoms. The fourth-order valence-corrected chi connectivity index (χ4v) is 2.18. The van der Waals surface area contributed by atoms with Gasteiger partial charge in [0.05, 0.1) is 19.2 Å². The normalized spacial score (nSPS) is 15.2. The summed E-state index contributed by atoms with van der Waals surface area (Å²) in [5.41, 5.74) is 0.536. The van der Waals surface area contributed by atoms with Crippen LogP contribution in [-0.4, -0.2) is 20.0 Å². The molecule has 0 amide bonds. The molecular formula is C13H15ClO3. The lowest BCUT2D eigenvalue weighted by Gasteiger charge is -2.24. The molecule has 0 heterocycles. The summed E-state index contributed by atoms with van der Waals surface area (Å²) in [7, 11) is 3.09. The van der Waals surface area contributed by atoms with Crippen LogP contribution in [0.5, 0.6) is 11.5 Å². The summed E-state index contributed by atoms with van der Waals surface area (Å²) in [5.74, 6) is 1.33. The molecule has 1 saturated carbocycles. The van der Waals surface area contributed by atoms with Crippen molar-refractivity contribution in [3.63, 3.8) is 0 Å². The standard InChI is InChI=1S/C13H15ClO3/c1-16-11-6-9(10(14)7-12(11)17-2)13(15)8-4-3-5-8/h6-8H,3-5H2,1-2H3. The molecule has 0 N–H and O–H groups in total. The highest BCUT2D eigenvalue weighted by Crippen LogP contribution is 2.37. The van der Waals surface area contributed by atoms with Crippen molar-refractivity contribution in [3.8, 4) is 11.5 Å². The van der Waals surface area contributed by atoms with E-state index in [1.807, 2.05) is 0 Å². The van der Waals surface area contributed by atoms with Crippen LogP contribution in [-0.2, 0) is 0 Å². The maximum atomic E-state index is 12.1. The van der Waals surface area contributed by atoms with Gasteiger partial charge in [0.1, 0.15) is 0 Å². The second-order valence-corrected chi connectivity index (χ2v) is 4.59. The third-order valence-corrected chi connectivity index (χ3v) is 3.53. The van der Waals surface area contributed by atoms with Gasteiger partial charge in [0.25, 0.3) is 0 Å². The SMILES string of the molecule is COc1cc(Cl)c(C(=O)C2CCC2)cc1OC. The smallest absolute Gasteiger partial charge is 0.167 e. The molecule has 1 aromatic rings. The van der Waals surface area contributed by atoms with Crippen molar-refractivity contribution in [2.24, 2.45) is 5.92 Å². The van der Waals surface area contributed by atoms with E-state index < -0.39 is 0 Å². The van der Waals surface area contributed by atoms with Crippen LogP contribution in [0.3, 0.4) is 0 Å². The second-order valence-electron chi connectivity index (χ2n) is 4.18. The highest BCUT2D eigenvalue weighted by Gasteiger charge is 2.28. The Balaban J connectivity index is 2.36. The first-order valence-corrected chi connectivity index (χ1v) is 6.01. The molecule has 0 radical (unpaired) electrons. The minimum atomic E-state index is 0.113. The van der Waals surface area contributed by atoms with E-state index in [1.54, 1.807) is 26.4 Å². The van der Waals surface area contributed by atoms with E-state index in [4.69, 9.17) is 21.1 Å². The lowest BCUT2D eigenvalue weighted by atomic mass is 9.80. The van der Waals surface area contributed by atoms with Gasteiger partial charge in [-0.05, 0) is 18.9 Å². The van der Waals surface area contributed by atoms with E-state index in [0.717, 1.165) is 19.3 Å². The van der Waals surface area contributed by atoms with Crippen molar-refractivity contribution >= 4 is 17.4 Å². The summed E-state index contributed by atoms with van der Waals surface area (Å²) in [5, 5.41) is 0.430. The number of methoxy groups -OCH3 is 2. The van der Waals surface area contributed by atoms with E-state index in [-0.39, 0.29) is 11.7 Å². The lowest BCUT2D eigenvalue weighted by molar-refractivity contribution is 0.0855. The van der Waals surface area contributed by atoms with Crippen LogP contribution < -0.4 is 9.47 Å². The van der Waals surface area contributed by atoms with Gasteiger partial charge in [0.15, 0.2) is 17.3 Å². The Morgan fingerprint density at radius 1 is 1.24 bits per heavy atom. The summed E-state index contributed by atoms with van der Waals surface area (Å²) in [6, 6.07) is 3.30. The quantitative estimate of drug-likeness (QED) is 0.773. The minimum Gasteiger partial charge on any atom is -0.493 e. The third kappa shape index (κ3) is 2.25. The number of halogens is 1. The molecule has 1 fully saturated rings. The maximum Gasteiger partial charge on any atom is 0.167 e. The maximum absolute atomic E-state index is 12.1. The van der Waals surface area contributed by atoms with Crippen LogP contribution in [0.4, 0.5) is 0 Å². The Hall–Kier alpha value is -1.22. The van der Waals surface area contributed by atoms with E-state index in [9.17, 15) is 4.79 Å². The molecule has 0 aliphatic heterocycles. The molecule has 2 rings (SSSR count). The number of carbonyl (C=O) groups excluding carboxylic acids is 1. The van der Waals surface area contributed by atoms with Gasteiger partial charge in [-0.1, -0.05) is 18.0 Å². The number of carbonyl (C=O) groups is 1. The monoisotopic (exact) mass is 254 g/mol. The van der Waals surface area contributed by atoms with Crippen LogP contribution in [0.15, 0.2) is 12.1 Å². The Morgan fingerprint density at radius 3 is 2.29 bits per heavy atom. The molecule has 4 heteroatoms. The Bertz CT molecular complexity index is 439. The zero-order valence-electron chi connectivity index (χ0n) is 9.96. The average molecular weight is 255 g/mol. The molecule has 0 atom stereocenters. The summed E-state index contributed by atoms with van der Waals surface area (Å²) in [6.45, 7) is 0. The number of hydrogen-bond acceptors (Lipinski definition) is 3. The first-order chi connectivity index (χ1) is 8.17. The first-order valence-electron chi connectivity index (χ1n) is 5.63. The molecule has 1 aliphatic carbocycles. The van der Waals surface area contributed by atoms with Gasteiger partial charge < -0.3 is 9.47 Å². The zero-order valence-corrected chi connectivity index (χ0v) is 10.7. The van der Waals surface area contributed by atoms with Crippen molar-refractivity contribution in [2.75, 3.05) is 14.2 Å². The van der Waals surface area contributed by atoms with Crippen LogP contribution in [0.2, 0.25) is 5.02 Å². The Kier molecular flexibility index (Phi) is 3.57. The van der Waals surface area contributed by atoms with Crippen molar-refractivity contribution in [1.82, 2.24) is 0 Å². The highest BCUT2D eigenvalue weighted by molar-refractivity contribution is 6.34. The second kappa shape index (κ2) is 4.96. The minimum absolute atomic E-state index is 0.113. The predicted molar refractivity (Wildman–Crippen MR) is 66.2 cm³/mol. The zero-order chi connectivity index (χ0) is 12.4. The van der Waals surface area contributed by atoms with Gasteiger partial charge >= 0.3 is 0 Å². The highest BCUT2D eigenvalue weighted by atomic mass is 35.5. The topological polar surface area (TPSA) is 35.5 Å². The number of hydrogen-bond donors (Lipinski definition) is 0. The Labute approximate surface area is 106 Å². The number of ether oxygens (including phenoxy) is 2. The lowest BCUT2D eigenvalue weighted by Crippen LogP contribution is -2.22. The van der Waals surface area contributed by atoms with Gasteiger partial charge in [0.2, 0.25) is 0 Å². The summed E-state index contributed by atoms with van der Waals surface area (Å²) in [4.78, 5) is 12.1. The van der Waals surface area contributed by atoms with Crippen LogP contribution in [0.1, 0.15) is 29.6 Å². The van der Waals surface area contributed by atoms with E-state index >= 15 is 0 Å². The van der Waals surface area contributed by atoms with Crippen molar-refractivity contribution in [3.05, 3.63) is 22.7 Å². The summed E-state index contributed by atoms with van der Waals surface area (Å²) < 4.78 is 10.3. The molecule has 1 aliphatic rings. The molecule has 3 nitrogen and oxygen atoms in total. The van der Waals surface area contributed by atoms with Gasteiger partial charge in [-0.3, -0.25) is 4.79 Å². The molecule has 0 saturated heterocycles. The first kappa shape index (κ1) is 12.2. The fraction of sp³-hybridized carbons (Fsp3) is 0.462. The van der Waals surface area contributed by atoms with Gasteiger partial charge in [-0.2, -0.15) is 0 Å². The van der Waals surface area contributed by atoms with Crippen LogP contribution >= 0.6 is 11.6 Å². The summed E-state index contributed by atoms with van der Waals surface area (Å²) >= 11 is 6.10.